The Kier molecular flexibility index (Phi) is 13.0. The molecule has 102 valence electrons. The zero-order valence-electron chi connectivity index (χ0n) is 7.75. The molecule has 0 saturated carbocycles. The van der Waals surface area contributed by atoms with E-state index in [2.05, 4.69) is 0 Å². The van der Waals surface area contributed by atoms with Crippen LogP contribution in [0.5, 0.6) is 0 Å². The van der Waals surface area contributed by atoms with E-state index in [-0.39, 0.29) is 29.6 Å². The second kappa shape index (κ2) is 10.0. The third-order valence-electron chi connectivity index (χ3n) is 1.05. The average molecular weight is 337 g/mol. The Balaban J connectivity index is -0.000000251. The van der Waals surface area contributed by atoms with Gasteiger partial charge < -0.3 is 25.5 Å². The molecular formula is C6H8Cl3NaO8. The summed E-state index contributed by atoms with van der Waals surface area (Å²) in [6.45, 7) is 0. The molecule has 0 aliphatic heterocycles. The molecule has 0 fully saturated rings. The van der Waals surface area contributed by atoms with Crippen molar-refractivity contribution < 1.29 is 39.9 Å². The Labute approximate surface area is 137 Å². The van der Waals surface area contributed by atoms with Crippen LogP contribution in [0.1, 0.15) is 0 Å². The van der Waals surface area contributed by atoms with Crippen molar-refractivity contribution in [3.8, 4) is 0 Å². The molecule has 0 aromatic heterocycles. The van der Waals surface area contributed by atoms with Crippen molar-refractivity contribution in [2.45, 2.75) is 16.0 Å². The van der Waals surface area contributed by atoms with E-state index in [9.17, 15) is 14.4 Å². The molecule has 12 heteroatoms. The quantitative estimate of drug-likeness (QED) is 0.314. The van der Waals surface area contributed by atoms with Gasteiger partial charge in [0.2, 0.25) is 0 Å². The van der Waals surface area contributed by atoms with E-state index >= 15 is 0 Å². The fourth-order valence-electron chi connectivity index (χ4n) is 0.270. The minimum atomic E-state index is -2.27. The molecule has 0 rings (SSSR count). The number of alkyl halides is 3. The van der Waals surface area contributed by atoms with Crippen molar-refractivity contribution in [3.05, 3.63) is 0 Å². The zero-order chi connectivity index (χ0) is 14.4. The Morgan fingerprint density at radius 2 is 1.00 bits per heavy atom. The fraction of sp³-hybridized carbons (Fsp3) is 0.500. The van der Waals surface area contributed by atoms with Gasteiger partial charge >= 0.3 is 47.5 Å². The van der Waals surface area contributed by atoms with Crippen molar-refractivity contribution in [1.29, 1.82) is 0 Å². The van der Waals surface area contributed by atoms with Crippen molar-refractivity contribution in [2.24, 2.45) is 0 Å². The van der Waals surface area contributed by atoms with E-state index < -0.39 is 33.9 Å². The molecule has 18 heavy (non-hydrogen) atoms. The van der Waals surface area contributed by atoms with Crippen molar-refractivity contribution in [1.82, 2.24) is 0 Å². The normalized spacial score (nSPS) is 13.2. The number of hydrogen-bond donors (Lipinski definition) is 5. The van der Waals surface area contributed by atoms with Crippen LogP contribution >= 0.6 is 34.8 Å². The first-order valence-corrected chi connectivity index (χ1v) is 4.66. The van der Waals surface area contributed by atoms with E-state index in [4.69, 9.17) is 60.3 Å². The molecule has 0 spiro atoms. The summed E-state index contributed by atoms with van der Waals surface area (Å²) >= 11 is 14.4. The second-order valence-electron chi connectivity index (χ2n) is 2.37. The molecule has 0 amide bonds. The number of aliphatic hydroxyl groups is 2. The molecule has 0 aliphatic rings. The van der Waals surface area contributed by atoms with Crippen LogP contribution in [0.15, 0.2) is 0 Å². The molecule has 0 heterocycles. The van der Waals surface area contributed by atoms with Gasteiger partial charge in [0, 0.05) is 0 Å². The van der Waals surface area contributed by atoms with Gasteiger partial charge in [-0.15, -0.1) is 0 Å². The molecule has 0 aliphatic carbocycles. The zero-order valence-corrected chi connectivity index (χ0v) is 10.0. The van der Waals surface area contributed by atoms with Crippen molar-refractivity contribution in [3.63, 3.8) is 0 Å². The molecular weight excluding hydrogens is 329 g/mol. The van der Waals surface area contributed by atoms with E-state index in [0.717, 1.165) is 0 Å². The molecule has 5 N–H and O–H groups in total. The number of carboxylic acid groups (broad SMARTS) is 3. The van der Waals surface area contributed by atoms with E-state index in [1.165, 1.54) is 0 Å². The molecule has 2 atom stereocenters. The summed E-state index contributed by atoms with van der Waals surface area (Å²) in [6.07, 6.45) is -4.53. The van der Waals surface area contributed by atoms with Crippen LogP contribution in [-0.4, -0.2) is 89.0 Å². The Morgan fingerprint density at radius 3 is 1.06 bits per heavy atom. The van der Waals surface area contributed by atoms with Gasteiger partial charge in [-0.25, -0.2) is 14.4 Å². The molecule has 0 bridgehead atoms. The number of hydrogen-bond acceptors (Lipinski definition) is 5. The third-order valence-corrected chi connectivity index (χ3v) is 1.53. The predicted molar refractivity (Wildman–Crippen MR) is 62.4 cm³/mol. The van der Waals surface area contributed by atoms with Crippen LogP contribution < -0.4 is 0 Å². The monoisotopic (exact) mass is 336 g/mol. The standard InChI is InChI=1S/C4H6O6.C2HCl3O2.Na.H/c5-1(3(7)8)2(6)4(9)10;3-2(4,5)1(6)7;;/h1-2,5-6H,(H,7,8)(H,9,10);(H,6,7);;. The maximum absolute atomic E-state index is 9.77. The van der Waals surface area contributed by atoms with E-state index in [0.29, 0.717) is 0 Å². The number of rotatable bonds is 3. The van der Waals surface area contributed by atoms with Crippen LogP contribution in [0.4, 0.5) is 0 Å². The van der Waals surface area contributed by atoms with Crippen LogP contribution in [0.3, 0.4) is 0 Å². The molecule has 2 unspecified atom stereocenters. The average Bonchev–Trinajstić information content (AvgIpc) is 2.14. The number of carboxylic acids is 3. The first-order chi connectivity index (χ1) is 7.41. The summed E-state index contributed by atoms with van der Waals surface area (Å²) in [6, 6.07) is 0. The Bertz CT molecular complexity index is 286. The minimum absolute atomic E-state index is 0. The van der Waals surface area contributed by atoms with Crippen LogP contribution in [0.25, 0.3) is 0 Å². The Morgan fingerprint density at radius 1 is 0.833 bits per heavy atom. The number of halogens is 3. The summed E-state index contributed by atoms with van der Waals surface area (Å²) in [7, 11) is 0. The fourth-order valence-corrected chi connectivity index (χ4v) is 0.270. The van der Waals surface area contributed by atoms with Gasteiger partial charge in [0.05, 0.1) is 0 Å². The maximum atomic E-state index is 9.77. The van der Waals surface area contributed by atoms with E-state index in [1.54, 1.807) is 0 Å². The predicted octanol–water partition coefficient (Wildman–Crippen LogP) is -1.33. The molecule has 0 aromatic rings. The first-order valence-electron chi connectivity index (χ1n) is 3.53. The van der Waals surface area contributed by atoms with Crippen LogP contribution in [0.2, 0.25) is 0 Å². The number of carbonyl (C=O) groups is 3. The summed E-state index contributed by atoms with van der Waals surface area (Å²) in [4.78, 5) is 29.2. The molecule has 8 nitrogen and oxygen atoms in total. The summed E-state index contributed by atoms with van der Waals surface area (Å²) in [5.41, 5.74) is 0. The third kappa shape index (κ3) is 11.3. The van der Waals surface area contributed by atoms with Gasteiger partial charge in [-0.2, -0.15) is 0 Å². The topological polar surface area (TPSA) is 152 Å². The van der Waals surface area contributed by atoms with Gasteiger partial charge in [-0.05, 0) is 0 Å². The van der Waals surface area contributed by atoms with Gasteiger partial charge in [0.15, 0.2) is 12.2 Å². The molecule has 0 radical (unpaired) electrons. The first kappa shape index (κ1) is 23.3. The van der Waals surface area contributed by atoms with Crippen molar-refractivity contribution >= 4 is 82.3 Å². The molecule has 0 aromatic carbocycles. The second-order valence-corrected chi connectivity index (χ2v) is 4.65. The van der Waals surface area contributed by atoms with Gasteiger partial charge in [0.1, 0.15) is 0 Å². The molecule has 0 saturated heterocycles. The summed E-state index contributed by atoms with van der Waals surface area (Å²) in [5, 5.41) is 40.4. The SMILES string of the molecule is O=C(O)C(Cl)(Cl)Cl.O=C(O)C(O)C(O)C(=O)O.[NaH]. The number of aliphatic carboxylic acids is 3. The summed E-state index contributed by atoms with van der Waals surface area (Å²) < 4.78 is -2.17. The number of aliphatic hydroxyl groups excluding tert-OH is 2. The Hall–Kier alpha value is 0.200. The summed E-state index contributed by atoms with van der Waals surface area (Å²) in [5.74, 6) is -5.00. The van der Waals surface area contributed by atoms with Crippen LogP contribution in [0, 0.1) is 0 Å². The van der Waals surface area contributed by atoms with Gasteiger partial charge in [-0.3, -0.25) is 0 Å². The van der Waals surface area contributed by atoms with Gasteiger partial charge in [0.25, 0.3) is 3.79 Å². The van der Waals surface area contributed by atoms with E-state index in [1.807, 2.05) is 0 Å². The van der Waals surface area contributed by atoms with Crippen molar-refractivity contribution in [2.75, 3.05) is 0 Å². The van der Waals surface area contributed by atoms with Crippen LogP contribution in [-0.2, 0) is 14.4 Å². The van der Waals surface area contributed by atoms with Gasteiger partial charge in [-0.1, -0.05) is 34.8 Å².